The van der Waals surface area contributed by atoms with Crippen LogP contribution in [0.25, 0.3) is 0 Å². The normalized spacial score (nSPS) is 10.0. The standard InChI is InChI=1S/C9H13ClO2/c1-9(2,3)12-8(11)6-4-5-7-10/h5,7H2,1-3H3. The summed E-state index contributed by atoms with van der Waals surface area (Å²) in [6, 6.07) is 0. The molecule has 12 heavy (non-hydrogen) atoms. The summed E-state index contributed by atoms with van der Waals surface area (Å²) >= 11 is 5.36. The second-order valence-electron chi connectivity index (χ2n) is 3.24. The van der Waals surface area contributed by atoms with Gasteiger partial charge in [-0.15, -0.1) is 11.6 Å². The summed E-state index contributed by atoms with van der Waals surface area (Å²) < 4.78 is 4.93. The van der Waals surface area contributed by atoms with Gasteiger partial charge in [0.1, 0.15) is 5.60 Å². The van der Waals surface area contributed by atoms with Crippen molar-refractivity contribution in [2.45, 2.75) is 32.8 Å². The molecular weight excluding hydrogens is 176 g/mol. The van der Waals surface area contributed by atoms with E-state index in [0.29, 0.717) is 12.3 Å². The molecule has 0 aliphatic rings. The van der Waals surface area contributed by atoms with Crippen LogP contribution in [-0.4, -0.2) is 17.5 Å². The van der Waals surface area contributed by atoms with Crippen molar-refractivity contribution in [2.24, 2.45) is 0 Å². The van der Waals surface area contributed by atoms with E-state index in [4.69, 9.17) is 16.3 Å². The van der Waals surface area contributed by atoms with Crippen molar-refractivity contribution < 1.29 is 9.53 Å². The van der Waals surface area contributed by atoms with E-state index in [0.717, 1.165) is 0 Å². The number of halogens is 1. The second kappa shape index (κ2) is 5.05. The Morgan fingerprint density at radius 2 is 2.08 bits per heavy atom. The summed E-state index contributed by atoms with van der Waals surface area (Å²) in [5, 5.41) is 0. The van der Waals surface area contributed by atoms with Crippen LogP contribution < -0.4 is 0 Å². The molecule has 0 heterocycles. The average molecular weight is 189 g/mol. The van der Waals surface area contributed by atoms with E-state index < -0.39 is 11.6 Å². The van der Waals surface area contributed by atoms with Crippen LogP contribution >= 0.6 is 11.6 Å². The van der Waals surface area contributed by atoms with Crippen molar-refractivity contribution in [3.05, 3.63) is 0 Å². The molecule has 0 saturated heterocycles. The lowest BCUT2D eigenvalue weighted by atomic mass is 10.2. The minimum Gasteiger partial charge on any atom is -0.450 e. The molecule has 0 bridgehead atoms. The monoisotopic (exact) mass is 188 g/mol. The van der Waals surface area contributed by atoms with Gasteiger partial charge in [-0.3, -0.25) is 0 Å². The number of hydrogen-bond acceptors (Lipinski definition) is 2. The van der Waals surface area contributed by atoms with Crippen molar-refractivity contribution in [3.8, 4) is 11.8 Å². The van der Waals surface area contributed by atoms with Crippen molar-refractivity contribution in [1.82, 2.24) is 0 Å². The smallest absolute Gasteiger partial charge is 0.384 e. The van der Waals surface area contributed by atoms with Crippen LogP contribution in [0.4, 0.5) is 0 Å². The number of ether oxygens (including phenoxy) is 1. The number of carbonyl (C=O) groups excluding carboxylic acids is 1. The van der Waals surface area contributed by atoms with Crippen molar-refractivity contribution in [1.29, 1.82) is 0 Å². The SMILES string of the molecule is CC(C)(C)OC(=O)C#CCCCl. The Morgan fingerprint density at radius 1 is 1.50 bits per heavy atom. The Balaban J connectivity index is 3.85. The molecule has 0 N–H and O–H groups in total. The molecule has 0 aliphatic carbocycles. The van der Waals surface area contributed by atoms with E-state index in [1.807, 2.05) is 0 Å². The highest BCUT2D eigenvalue weighted by atomic mass is 35.5. The fraction of sp³-hybridized carbons (Fsp3) is 0.667. The van der Waals surface area contributed by atoms with Gasteiger partial charge in [0, 0.05) is 18.2 Å². The molecule has 0 atom stereocenters. The van der Waals surface area contributed by atoms with Gasteiger partial charge in [-0.2, -0.15) is 0 Å². The first-order valence-electron chi connectivity index (χ1n) is 3.73. The largest absolute Gasteiger partial charge is 0.450 e. The predicted octanol–water partition coefficient (Wildman–Crippen LogP) is 1.96. The number of esters is 1. The first-order chi connectivity index (χ1) is 5.45. The Morgan fingerprint density at radius 3 is 2.50 bits per heavy atom. The Labute approximate surface area is 78.2 Å². The maximum Gasteiger partial charge on any atom is 0.384 e. The highest BCUT2D eigenvalue weighted by Crippen LogP contribution is 2.05. The molecule has 0 aromatic heterocycles. The van der Waals surface area contributed by atoms with Crippen molar-refractivity contribution in [2.75, 3.05) is 5.88 Å². The maximum absolute atomic E-state index is 10.9. The summed E-state index contributed by atoms with van der Waals surface area (Å²) in [7, 11) is 0. The zero-order chi connectivity index (χ0) is 9.61. The number of hydrogen-bond donors (Lipinski definition) is 0. The predicted molar refractivity (Wildman–Crippen MR) is 49.0 cm³/mol. The van der Waals surface area contributed by atoms with Gasteiger partial charge in [-0.05, 0) is 20.8 Å². The summed E-state index contributed by atoms with van der Waals surface area (Å²) in [4.78, 5) is 10.9. The first kappa shape index (κ1) is 11.3. The molecule has 68 valence electrons. The molecule has 0 rings (SSSR count). The minimum atomic E-state index is -0.493. The Kier molecular flexibility index (Phi) is 4.77. The van der Waals surface area contributed by atoms with Crippen LogP contribution in [0, 0.1) is 11.8 Å². The summed E-state index contributed by atoms with van der Waals surface area (Å²) in [5.41, 5.74) is -0.466. The third kappa shape index (κ3) is 7.43. The van der Waals surface area contributed by atoms with Crippen LogP contribution in [0.1, 0.15) is 27.2 Å². The van der Waals surface area contributed by atoms with Crippen molar-refractivity contribution in [3.63, 3.8) is 0 Å². The van der Waals surface area contributed by atoms with Crippen LogP contribution in [-0.2, 0) is 9.53 Å². The molecule has 0 spiro atoms. The molecule has 2 nitrogen and oxygen atoms in total. The van der Waals surface area contributed by atoms with Gasteiger partial charge in [-0.25, -0.2) is 4.79 Å². The highest BCUT2D eigenvalue weighted by molar-refractivity contribution is 6.18. The molecule has 0 radical (unpaired) electrons. The quantitative estimate of drug-likeness (QED) is 0.272. The van der Waals surface area contributed by atoms with Gasteiger partial charge in [0.25, 0.3) is 0 Å². The molecule has 0 saturated carbocycles. The lowest BCUT2D eigenvalue weighted by molar-refractivity contribution is -0.147. The Bertz CT molecular complexity index is 205. The zero-order valence-corrected chi connectivity index (χ0v) is 8.36. The van der Waals surface area contributed by atoms with Crippen LogP contribution in [0.5, 0.6) is 0 Å². The van der Waals surface area contributed by atoms with E-state index in [1.165, 1.54) is 0 Å². The highest BCUT2D eigenvalue weighted by Gasteiger charge is 2.13. The Hall–Kier alpha value is -0.680. The maximum atomic E-state index is 10.9. The third-order valence-electron chi connectivity index (χ3n) is 0.809. The zero-order valence-electron chi connectivity index (χ0n) is 7.61. The van der Waals surface area contributed by atoms with Gasteiger partial charge in [-0.1, -0.05) is 5.92 Å². The molecule has 3 heteroatoms. The lowest BCUT2D eigenvalue weighted by Crippen LogP contribution is -2.22. The van der Waals surface area contributed by atoms with E-state index in [2.05, 4.69) is 11.8 Å². The molecule has 0 aliphatic heterocycles. The van der Waals surface area contributed by atoms with Gasteiger partial charge in [0.15, 0.2) is 0 Å². The fourth-order valence-corrected chi connectivity index (χ4v) is 0.580. The van der Waals surface area contributed by atoms with E-state index in [1.54, 1.807) is 20.8 Å². The lowest BCUT2D eigenvalue weighted by Gasteiger charge is -2.16. The number of carbonyl (C=O) groups is 1. The third-order valence-corrected chi connectivity index (χ3v) is 0.998. The summed E-state index contributed by atoms with van der Waals surface area (Å²) in [5.74, 6) is 4.89. The molecular formula is C9H13ClO2. The molecule has 0 amide bonds. The van der Waals surface area contributed by atoms with Crippen LogP contribution in [0.15, 0.2) is 0 Å². The topological polar surface area (TPSA) is 26.3 Å². The van der Waals surface area contributed by atoms with Gasteiger partial charge in [0.05, 0.1) is 0 Å². The van der Waals surface area contributed by atoms with Gasteiger partial charge >= 0.3 is 5.97 Å². The van der Waals surface area contributed by atoms with Crippen LogP contribution in [0.3, 0.4) is 0 Å². The molecule has 0 unspecified atom stereocenters. The van der Waals surface area contributed by atoms with E-state index >= 15 is 0 Å². The van der Waals surface area contributed by atoms with Crippen molar-refractivity contribution >= 4 is 17.6 Å². The second-order valence-corrected chi connectivity index (χ2v) is 3.62. The number of alkyl halides is 1. The van der Waals surface area contributed by atoms with Crippen LogP contribution in [0.2, 0.25) is 0 Å². The number of rotatable bonds is 1. The van der Waals surface area contributed by atoms with E-state index in [-0.39, 0.29) is 0 Å². The van der Waals surface area contributed by atoms with Gasteiger partial charge in [0.2, 0.25) is 0 Å². The van der Waals surface area contributed by atoms with Gasteiger partial charge < -0.3 is 4.74 Å². The summed E-state index contributed by atoms with van der Waals surface area (Å²) in [6.45, 7) is 5.40. The molecule has 0 aromatic carbocycles. The summed E-state index contributed by atoms with van der Waals surface area (Å²) in [6.07, 6.45) is 0.515. The fourth-order valence-electron chi connectivity index (χ4n) is 0.486. The molecule has 0 fully saturated rings. The minimum absolute atomic E-state index is 0.440. The average Bonchev–Trinajstić information content (AvgIpc) is 1.84. The molecule has 0 aromatic rings. The van der Waals surface area contributed by atoms with E-state index in [9.17, 15) is 4.79 Å². The first-order valence-corrected chi connectivity index (χ1v) is 4.27.